The van der Waals surface area contributed by atoms with E-state index in [2.05, 4.69) is 5.32 Å². The van der Waals surface area contributed by atoms with Gasteiger partial charge in [0.2, 0.25) is 17.7 Å². The highest BCUT2D eigenvalue weighted by Crippen LogP contribution is 2.52. The van der Waals surface area contributed by atoms with Crippen LogP contribution in [0.15, 0.2) is 12.1 Å². The minimum absolute atomic E-state index is 0.445. The van der Waals surface area contributed by atoms with E-state index in [1.807, 2.05) is 13.0 Å². The molecule has 3 aliphatic heterocycles. The number of anilines is 1. The van der Waals surface area contributed by atoms with Gasteiger partial charge < -0.3 is 9.64 Å². The molecule has 1 aromatic carbocycles. The first-order valence-corrected chi connectivity index (χ1v) is 7.82. The van der Waals surface area contributed by atoms with Gasteiger partial charge in [0.05, 0.1) is 12.8 Å². The van der Waals surface area contributed by atoms with Crippen molar-refractivity contribution in [3.63, 3.8) is 0 Å². The molecule has 0 bridgehead atoms. The summed E-state index contributed by atoms with van der Waals surface area (Å²) in [7, 11) is 1.14. The van der Waals surface area contributed by atoms with Crippen LogP contribution in [0.5, 0.6) is 0 Å². The Labute approximate surface area is 137 Å². The summed E-state index contributed by atoms with van der Waals surface area (Å²) in [6.07, 6.45) is 1.57. The number of rotatable bonds is 1. The van der Waals surface area contributed by atoms with E-state index >= 15 is 0 Å². The van der Waals surface area contributed by atoms with Gasteiger partial charge in [-0.25, -0.2) is 0 Å². The Morgan fingerprint density at radius 2 is 2.08 bits per heavy atom. The number of esters is 1. The van der Waals surface area contributed by atoms with E-state index in [1.165, 1.54) is 0 Å². The second-order valence-electron chi connectivity index (χ2n) is 6.46. The maximum Gasteiger partial charge on any atom is 0.320 e. The van der Waals surface area contributed by atoms with Gasteiger partial charge in [0.25, 0.3) is 0 Å². The molecule has 0 aromatic heterocycles. The first-order valence-electron chi connectivity index (χ1n) is 7.82. The number of nitrogens with zero attached hydrogens (tertiary/aromatic N) is 1. The van der Waals surface area contributed by atoms with Crippen molar-refractivity contribution < 1.29 is 23.9 Å². The fourth-order valence-electron chi connectivity index (χ4n) is 4.24. The lowest BCUT2D eigenvalue weighted by atomic mass is 9.71. The highest BCUT2D eigenvalue weighted by atomic mass is 16.5. The molecule has 3 amide bonds. The molecule has 1 aromatic rings. The molecule has 3 heterocycles. The molecule has 0 saturated carbocycles. The second-order valence-corrected chi connectivity index (χ2v) is 6.46. The maximum atomic E-state index is 13.2. The number of ether oxygens (including phenoxy) is 1. The summed E-state index contributed by atoms with van der Waals surface area (Å²) in [5, 5.41) is 2.16. The van der Waals surface area contributed by atoms with Crippen molar-refractivity contribution in [2.24, 2.45) is 5.92 Å². The van der Waals surface area contributed by atoms with Gasteiger partial charge in [-0.2, -0.15) is 0 Å². The summed E-state index contributed by atoms with van der Waals surface area (Å²) in [6, 6.07) is 3.72. The summed E-state index contributed by atoms with van der Waals surface area (Å²) in [5.74, 6) is -4.39. The van der Waals surface area contributed by atoms with Crippen molar-refractivity contribution in [3.8, 4) is 0 Å². The average molecular weight is 328 g/mol. The molecule has 3 aliphatic rings. The van der Waals surface area contributed by atoms with Crippen molar-refractivity contribution in [1.82, 2.24) is 5.32 Å². The normalized spacial score (nSPS) is 27.5. The van der Waals surface area contributed by atoms with E-state index in [0.29, 0.717) is 17.8 Å². The number of benzene rings is 1. The minimum atomic E-state index is -1.84. The van der Waals surface area contributed by atoms with Gasteiger partial charge >= 0.3 is 5.97 Å². The molecule has 7 nitrogen and oxygen atoms in total. The van der Waals surface area contributed by atoms with Crippen molar-refractivity contribution in [2.45, 2.75) is 25.2 Å². The van der Waals surface area contributed by atoms with Crippen LogP contribution in [0, 0.1) is 12.8 Å². The third-order valence-electron chi connectivity index (χ3n) is 5.17. The Hall–Kier alpha value is -2.70. The van der Waals surface area contributed by atoms with Crippen molar-refractivity contribution in [2.75, 3.05) is 18.6 Å². The molecule has 4 rings (SSSR count). The number of aryl methyl sites for hydroxylation is 2. The second kappa shape index (κ2) is 4.66. The largest absolute Gasteiger partial charge is 0.468 e. The molecular formula is C17H16N2O5. The zero-order valence-electron chi connectivity index (χ0n) is 13.3. The highest BCUT2D eigenvalue weighted by Gasteiger charge is 2.70. The quantitative estimate of drug-likeness (QED) is 0.444. The first kappa shape index (κ1) is 14.9. The van der Waals surface area contributed by atoms with E-state index in [1.54, 1.807) is 11.0 Å². The first-order chi connectivity index (χ1) is 11.4. The standard InChI is InChI=1S/C17H16N2O5/c1-8-6-9-4-3-5-19-12(9)10(7-8)17(16(19)23)11(14(21)24-2)13(20)18-15(17)22/h6-7,11H,3-5H2,1-2H3,(H,18,20,22). The fourth-order valence-corrected chi connectivity index (χ4v) is 4.24. The Morgan fingerprint density at radius 1 is 1.33 bits per heavy atom. The van der Waals surface area contributed by atoms with Crippen LogP contribution in [0.1, 0.15) is 23.1 Å². The Morgan fingerprint density at radius 3 is 2.79 bits per heavy atom. The van der Waals surface area contributed by atoms with Crippen molar-refractivity contribution in [3.05, 3.63) is 28.8 Å². The van der Waals surface area contributed by atoms with Crippen LogP contribution in [0.3, 0.4) is 0 Å². The number of nitrogens with one attached hydrogen (secondary N) is 1. The smallest absolute Gasteiger partial charge is 0.320 e. The van der Waals surface area contributed by atoms with Crippen LogP contribution < -0.4 is 10.2 Å². The number of amides is 3. The summed E-state index contributed by atoms with van der Waals surface area (Å²) in [4.78, 5) is 52.0. The van der Waals surface area contributed by atoms with Crippen molar-refractivity contribution >= 4 is 29.4 Å². The van der Waals surface area contributed by atoms with Gasteiger partial charge in [-0.1, -0.05) is 17.7 Å². The lowest BCUT2D eigenvalue weighted by molar-refractivity contribution is -0.154. The monoisotopic (exact) mass is 328 g/mol. The third kappa shape index (κ3) is 1.52. The van der Waals surface area contributed by atoms with Crippen LogP contribution >= 0.6 is 0 Å². The minimum Gasteiger partial charge on any atom is -0.468 e. The number of methoxy groups -OCH3 is 1. The van der Waals surface area contributed by atoms with Gasteiger partial charge in [-0.3, -0.25) is 24.5 Å². The SMILES string of the molecule is COC(=O)C1C(=O)NC(=O)C12C(=O)N1CCCc3cc(C)cc2c31. The Kier molecular flexibility index (Phi) is 2.88. The molecule has 124 valence electrons. The molecule has 24 heavy (non-hydrogen) atoms. The van der Waals surface area contributed by atoms with Crippen LogP contribution in [-0.4, -0.2) is 37.3 Å². The Bertz CT molecular complexity index is 831. The van der Waals surface area contributed by atoms with E-state index in [9.17, 15) is 19.2 Å². The van der Waals surface area contributed by atoms with Gasteiger partial charge in [0.15, 0.2) is 11.3 Å². The van der Waals surface area contributed by atoms with Gasteiger partial charge in [-0.15, -0.1) is 0 Å². The van der Waals surface area contributed by atoms with Crippen LogP contribution in [0.4, 0.5) is 5.69 Å². The van der Waals surface area contributed by atoms with Crippen molar-refractivity contribution in [1.29, 1.82) is 0 Å². The maximum absolute atomic E-state index is 13.2. The van der Waals surface area contributed by atoms with Gasteiger partial charge in [0.1, 0.15) is 0 Å². The molecule has 2 unspecified atom stereocenters. The molecule has 2 atom stereocenters. The zero-order valence-corrected chi connectivity index (χ0v) is 13.3. The summed E-state index contributed by atoms with van der Waals surface area (Å²) < 4.78 is 4.73. The number of carbonyl (C=O) groups is 4. The topological polar surface area (TPSA) is 92.8 Å². The van der Waals surface area contributed by atoms with E-state index in [4.69, 9.17) is 4.74 Å². The fraction of sp³-hybridized carbons (Fsp3) is 0.412. The lowest BCUT2D eigenvalue weighted by Gasteiger charge is -2.26. The number of carbonyl (C=O) groups excluding carboxylic acids is 4. The van der Waals surface area contributed by atoms with E-state index in [-0.39, 0.29) is 0 Å². The summed E-state index contributed by atoms with van der Waals surface area (Å²) in [5.41, 5.74) is 1.13. The summed E-state index contributed by atoms with van der Waals surface area (Å²) in [6.45, 7) is 2.34. The average Bonchev–Trinajstić information content (AvgIpc) is 2.95. The number of hydrogen-bond donors (Lipinski definition) is 1. The molecule has 1 saturated heterocycles. The van der Waals surface area contributed by atoms with Crippen LogP contribution in [-0.2, 0) is 35.8 Å². The third-order valence-corrected chi connectivity index (χ3v) is 5.17. The van der Waals surface area contributed by atoms with Gasteiger partial charge in [-0.05, 0) is 25.3 Å². The number of fused-ring (bicyclic) bond motifs is 1. The number of imide groups is 1. The van der Waals surface area contributed by atoms with E-state index in [0.717, 1.165) is 31.1 Å². The summed E-state index contributed by atoms with van der Waals surface area (Å²) >= 11 is 0. The molecular weight excluding hydrogens is 312 g/mol. The van der Waals surface area contributed by atoms with Crippen LogP contribution in [0.25, 0.3) is 0 Å². The number of hydrogen-bond acceptors (Lipinski definition) is 5. The molecule has 1 fully saturated rings. The Balaban J connectivity index is 2.06. The molecule has 0 radical (unpaired) electrons. The lowest BCUT2D eigenvalue weighted by Crippen LogP contribution is -2.51. The molecule has 1 N–H and O–H groups in total. The van der Waals surface area contributed by atoms with E-state index < -0.39 is 35.0 Å². The zero-order chi connectivity index (χ0) is 17.2. The molecule has 0 aliphatic carbocycles. The predicted molar refractivity (Wildman–Crippen MR) is 82.2 cm³/mol. The van der Waals surface area contributed by atoms with Crippen LogP contribution in [0.2, 0.25) is 0 Å². The molecule has 7 heteroatoms. The molecule has 1 spiro atoms. The highest BCUT2D eigenvalue weighted by molar-refractivity contribution is 6.33. The predicted octanol–water partition coefficient (Wildman–Crippen LogP) is -0.0288. The van der Waals surface area contributed by atoms with Gasteiger partial charge in [0, 0.05) is 12.1 Å².